The van der Waals surface area contributed by atoms with E-state index in [9.17, 15) is 29.1 Å². The van der Waals surface area contributed by atoms with Crippen LogP contribution in [-0.4, -0.2) is 82.0 Å². The Hall–Kier alpha value is -4.16. The number of pyridine rings is 1. The van der Waals surface area contributed by atoms with Gasteiger partial charge in [-0.15, -0.1) is 0 Å². The summed E-state index contributed by atoms with van der Waals surface area (Å²) >= 11 is 0. The van der Waals surface area contributed by atoms with E-state index in [2.05, 4.69) is 16.1 Å². The number of nitrogens with one attached hydrogen (secondary N) is 3. The number of carboxylic acid groups (broad SMARTS) is 1. The van der Waals surface area contributed by atoms with Crippen molar-refractivity contribution < 1.29 is 33.8 Å². The van der Waals surface area contributed by atoms with E-state index < -0.39 is 53.9 Å². The van der Waals surface area contributed by atoms with Crippen molar-refractivity contribution in [3.8, 4) is 0 Å². The van der Waals surface area contributed by atoms with Crippen LogP contribution >= 0.6 is 0 Å². The van der Waals surface area contributed by atoms with Gasteiger partial charge in [-0.25, -0.2) is 5.43 Å². The maximum Gasteiger partial charge on any atom is 0.322 e. The normalized spacial score (nSPS) is 17.7. The molecule has 47 heavy (non-hydrogen) atoms. The van der Waals surface area contributed by atoms with Gasteiger partial charge in [0.05, 0.1) is 24.0 Å². The van der Waals surface area contributed by atoms with Crippen molar-refractivity contribution in [1.82, 2.24) is 26.1 Å². The lowest BCUT2D eigenvalue weighted by Gasteiger charge is -2.34. The quantitative estimate of drug-likeness (QED) is 0.198. The van der Waals surface area contributed by atoms with Gasteiger partial charge in [-0.1, -0.05) is 58.0 Å². The van der Waals surface area contributed by atoms with E-state index in [-0.39, 0.29) is 24.7 Å². The number of aliphatic carboxylic acids is 1. The molecule has 2 aromatic rings. The van der Waals surface area contributed by atoms with Crippen LogP contribution in [0.1, 0.15) is 78.5 Å². The first-order valence-electron chi connectivity index (χ1n) is 16.5. The summed E-state index contributed by atoms with van der Waals surface area (Å²) < 4.78 is 5.61. The molecule has 0 radical (unpaired) electrons. The molecule has 1 fully saturated rings. The monoisotopic (exact) mass is 651 g/mol. The third-order valence-electron chi connectivity index (χ3n) is 8.21. The SMILES string of the molecule is CCCC(=O)O[C@@H](C)C(/C=C/c1ccc2ccc(CC)nc2c1)C(=O)CN[C@H](C(=O)N[C@@H](C)C(=O)N1CCC[C@@H](C(=O)O)N1)C(C)C. The second kappa shape index (κ2) is 17.7. The fraction of sp³-hybridized carbons (Fsp3) is 0.543. The van der Waals surface area contributed by atoms with Crippen molar-refractivity contribution in [2.45, 2.75) is 97.9 Å². The Balaban J connectivity index is 1.72. The zero-order valence-electron chi connectivity index (χ0n) is 28.2. The van der Waals surface area contributed by atoms with Crippen LogP contribution in [0, 0.1) is 11.8 Å². The lowest BCUT2D eigenvalue weighted by molar-refractivity contribution is -0.151. The lowest BCUT2D eigenvalue weighted by Crippen LogP contribution is -2.60. The van der Waals surface area contributed by atoms with Crippen LogP contribution in [0.3, 0.4) is 0 Å². The molecule has 1 aromatic heterocycles. The Morgan fingerprint density at radius 1 is 1.11 bits per heavy atom. The molecule has 256 valence electrons. The van der Waals surface area contributed by atoms with E-state index in [1.54, 1.807) is 13.0 Å². The maximum atomic E-state index is 13.6. The molecular formula is C35H49N5O7. The van der Waals surface area contributed by atoms with Crippen LogP contribution in [0.2, 0.25) is 0 Å². The van der Waals surface area contributed by atoms with Crippen molar-refractivity contribution >= 4 is 46.5 Å². The number of aromatic nitrogens is 1. The number of hydrazine groups is 1. The van der Waals surface area contributed by atoms with E-state index in [1.165, 1.54) is 11.9 Å². The highest BCUT2D eigenvalue weighted by atomic mass is 16.5. The average molecular weight is 652 g/mol. The van der Waals surface area contributed by atoms with Crippen molar-refractivity contribution in [1.29, 1.82) is 0 Å². The summed E-state index contributed by atoms with van der Waals surface area (Å²) in [4.78, 5) is 68.3. The third kappa shape index (κ3) is 10.7. The highest BCUT2D eigenvalue weighted by Crippen LogP contribution is 2.19. The number of hydrogen-bond acceptors (Lipinski definition) is 9. The van der Waals surface area contributed by atoms with Crippen LogP contribution < -0.4 is 16.1 Å². The zero-order chi connectivity index (χ0) is 34.7. The van der Waals surface area contributed by atoms with Gasteiger partial charge in [0.1, 0.15) is 18.2 Å². The first-order valence-corrected chi connectivity index (χ1v) is 16.5. The molecule has 2 amide bonds. The molecule has 4 N–H and O–H groups in total. The molecule has 0 spiro atoms. The summed E-state index contributed by atoms with van der Waals surface area (Å²) in [6.07, 6.45) is 5.38. The Kier molecular flexibility index (Phi) is 14.0. The van der Waals surface area contributed by atoms with Crippen molar-refractivity contribution in [3.05, 3.63) is 47.7 Å². The fourth-order valence-corrected chi connectivity index (χ4v) is 5.44. The predicted molar refractivity (Wildman–Crippen MR) is 179 cm³/mol. The minimum absolute atomic E-state index is 0.184. The maximum absolute atomic E-state index is 13.6. The highest BCUT2D eigenvalue weighted by Gasteiger charge is 2.33. The Morgan fingerprint density at radius 3 is 2.49 bits per heavy atom. The molecule has 1 aliphatic heterocycles. The van der Waals surface area contributed by atoms with Gasteiger partial charge in [0.2, 0.25) is 5.91 Å². The van der Waals surface area contributed by atoms with E-state index >= 15 is 0 Å². The number of aryl methyl sites for hydroxylation is 1. The first-order chi connectivity index (χ1) is 22.3. The number of carbonyl (C=O) groups is 5. The number of esters is 1. The van der Waals surface area contributed by atoms with Crippen molar-refractivity contribution in [2.75, 3.05) is 13.1 Å². The first kappa shape index (κ1) is 37.3. The Bertz CT molecular complexity index is 1460. The summed E-state index contributed by atoms with van der Waals surface area (Å²) in [5.74, 6) is -3.66. The Labute approximate surface area is 276 Å². The van der Waals surface area contributed by atoms with Gasteiger partial charge in [0, 0.05) is 24.0 Å². The van der Waals surface area contributed by atoms with Crippen LogP contribution in [0.5, 0.6) is 0 Å². The molecular weight excluding hydrogens is 602 g/mol. The lowest BCUT2D eigenvalue weighted by atomic mass is 9.95. The summed E-state index contributed by atoms with van der Waals surface area (Å²) in [6, 6.07) is 7.26. The molecule has 1 unspecified atom stereocenters. The number of rotatable bonds is 16. The number of fused-ring (bicyclic) bond motifs is 1. The molecule has 0 saturated carbocycles. The largest absolute Gasteiger partial charge is 0.480 e. The number of benzene rings is 1. The van der Waals surface area contributed by atoms with Gasteiger partial charge >= 0.3 is 11.9 Å². The fourth-order valence-electron chi connectivity index (χ4n) is 5.44. The van der Waals surface area contributed by atoms with E-state index in [1.807, 2.05) is 64.1 Å². The third-order valence-corrected chi connectivity index (χ3v) is 8.21. The molecule has 0 bridgehead atoms. The smallest absolute Gasteiger partial charge is 0.322 e. The van der Waals surface area contributed by atoms with Crippen LogP contribution in [-0.2, 0) is 35.1 Å². The molecule has 3 rings (SSSR count). The molecule has 1 aliphatic rings. The number of amides is 2. The number of hydrogen-bond donors (Lipinski definition) is 4. The van der Waals surface area contributed by atoms with Gasteiger partial charge in [0.25, 0.3) is 5.91 Å². The molecule has 5 atom stereocenters. The number of nitrogens with zero attached hydrogens (tertiary/aromatic N) is 2. The highest BCUT2D eigenvalue weighted by molar-refractivity contribution is 5.91. The van der Waals surface area contributed by atoms with E-state index in [0.717, 1.165) is 28.6 Å². The van der Waals surface area contributed by atoms with Crippen LogP contribution in [0.25, 0.3) is 17.0 Å². The molecule has 12 nitrogen and oxygen atoms in total. The molecule has 0 aliphatic carbocycles. The van der Waals surface area contributed by atoms with E-state index in [0.29, 0.717) is 25.8 Å². The van der Waals surface area contributed by atoms with Gasteiger partial charge in [-0.2, -0.15) is 0 Å². The second-order valence-electron chi connectivity index (χ2n) is 12.4. The summed E-state index contributed by atoms with van der Waals surface area (Å²) in [7, 11) is 0. The molecule has 12 heteroatoms. The summed E-state index contributed by atoms with van der Waals surface area (Å²) in [6.45, 7) is 10.9. The minimum atomic E-state index is -1.05. The molecule has 1 saturated heterocycles. The topological polar surface area (TPSA) is 167 Å². The molecule has 2 heterocycles. The van der Waals surface area contributed by atoms with Gasteiger partial charge in [-0.3, -0.25) is 39.3 Å². The second-order valence-corrected chi connectivity index (χ2v) is 12.4. The van der Waals surface area contributed by atoms with E-state index in [4.69, 9.17) is 9.72 Å². The Morgan fingerprint density at radius 2 is 1.83 bits per heavy atom. The van der Waals surface area contributed by atoms with Crippen molar-refractivity contribution in [3.63, 3.8) is 0 Å². The average Bonchev–Trinajstić information content (AvgIpc) is 3.04. The van der Waals surface area contributed by atoms with Gasteiger partial charge < -0.3 is 15.2 Å². The number of ether oxygens (including phenoxy) is 1. The summed E-state index contributed by atoms with van der Waals surface area (Å²) in [5, 5.41) is 17.3. The number of carboxylic acids is 1. The van der Waals surface area contributed by atoms with Crippen LogP contribution in [0.4, 0.5) is 0 Å². The predicted octanol–water partition coefficient (Wildman–Crippen LogP) is 3.43. The number of Topliss-reactive ketones (excluding diaryl/α,β-unsaturated/α-hetero) is 1. The summed E-state index contributed by atoms with van der Waals surface area (Å²) in [5.41, 5.74) is 5.37. The zero-order valence-corrected chi connectivity index (χ0v) is 28.2. The van der Waals surface area contributed by atoms with Gasteiger partial charge in [-0.05, 0) is 63.1 Å². The van der Waals surface area contributed by atoms with Crippen molar-refractivity contribution in [2.24, 2.45) is 11.8 Å². The minimum Gasteiger partial charge on any atom is -0.480 e. The molecule has 1 aromatic carbocycles. The van der Waals surface area contributed by atoms with Crippen LogP contribution in [0.15, 0.2) is 36.4 Å². The standard InChI is InChI=1S/C35H49N5O7/c1-7-10-31(42)47-23(6)27(17-13-24-12-14-25-15-16-26(8-2)38-29(25)19-24)30(41)20-36-32(21(3)4)33(43)37-22(5)34(44)40-18-9-11-28(39-40)35(45)46/h12-17,19,21-23,27-28,32,36,39H,7-11,18,20H2,1-6H3,(H,37,43)(H,45,46)/b17-13+/t22-,23-,27?,28-,32-/m0/s1. The number of carbonyl (C=O) groups excluding carboxylic acids is 4. The number of ketones is 1. The van der Waals surface area contributed by atoms with Gasteiger partial charge in [0.15, 0.2) is 5.78 Å².